The number of rotatable bonds is 6. The Bertz CT molecular complexity index is 410. The van der Waals surface area contributed by atoms with Gasteiger partial charge in [0, 0.05) is 11.4 Å². The molecule has 1 fully saturated rings. The molecule has 1 unspecified atom stereocenters. The molecule has 2 rings (SSSR count). The Morgan fingerprint density at radius 2 is 2.05 bits per heavy atom. The van der Waals surface area contributed by atoms with Crippen molar-refractivity contribution in [2.75, 3.05) is 6.61 Å². The summed E-state index contributed by atoms with van der Waals surface area (Å²) >= 11 is 3.87. The van der Waals surface area contributed by atoms with E-state index < -0.39 is 0 Å². The van der Waals surface area contributed by atoms with Gasteiger partial charge in [-0.05, 0) is 63.5 Å². The molecule has 2 heteroatoms. The van der Waals surface area contributed by atoms with Gasteiger partial charge in [-0.3, -0.25) is 0 Å². The molecule has 1 aliphatic rings. The Hall–Kier alpha value is -0.340. The lowest BCUT2D eigenvalue weighted by molar-refractivity contribution is -0.0263. The molecule has 0 aromatic heterocycles. The van der Waals surface area contributed by atoms with Crippen LogP contribution in [0.25, 0.3) is 0 Å². The molecule has 0 amide bonds. The van der Waals surface area contributed by atoms with Gasteiger partial charge in [-0.15, -0.1) is 0 Å². The zero-order valence-electron chi connectivity index (χ0n) is 12.3. The molecule has 0 N–H and O–H groups in total. The fourth-order valence-corrected chi connectivity index (χ4v) is 3.82. The fraction of sp³-hybridized carbons (Fsp3) is 0.647. The Kier molecular flexibility index (Phi) is 5.47. The molecule has 1 nitrogen and oxygen atoms in total. The minimum atomic E-state index is 0.537. The van der Waals surface area contributed by atoms with Gasteiger partial charge in [-0.2, -0.15) is 0 Å². The largest absolute Gasteiger partial charge is 0.378 e. The normalized spacial score (nSPS) is 24.0. The molecule has 1 aliphatic carbocycles. The molecule has 0 spiro atoms. The highest BCUT2D eigenvalue weighted by molar-refractivity contribution is 9.09. The molecular weight excluding hydrogens is 300 g/mol. The van der Waals surface area contributed by atoms with E-state index in [1.54, 1.807) is 0 Å². The second-order valence-corrected chi connectivity index (χ2v) is 7.18. The lowest BCUT2D eigenvalue weighted by Crippen LogP contribution is -2.33. The first kappa shape index (κ1) is 15.1. The van der Waals surface area contributed by atoms with E-state index in [1.807, 2.05) is 0 Å². The van der Waals surface area contributed by atoms with Crippen molar-refractivity contribution < 1.29 is 4.74 Å². The van der Waals surface area contributed by atoms with E-state index in [-0.39, 0.29) is 0 Å². The summed E-state index contributed by atoms with van der Waals surface area (Å²) < 4.78 is 5.63. The minimum Gasteiger partial charge on any atom is -0.378 e. The standard InChI is InChI=1S/C17H25BrO/c1-4-19-17-9-14(10-17)8-16(18)11-15-7-12(2)5-6-13(15)3/h5-7,14,16-17H,4,8-11H2,1-3H3. The number of aryl methyl sites for hydroxylation is 2. The van der Waals surface area contributed by atoms with Crippen molar-refractivity contribution in [1.29, 1.82) is 0 Å². The van der Waals surface area contributed by atoms with Gasteiger partial charge in [0.2, 0.25) is 0 Å². The fourth-order valence-electron chi connectivity index (χ4n) is 2.94. The van der Waals surface area contributed by atoms with Crippen molar-refractivity contribution >= 4 is 15.9 Å². The Labute approximate surface area is 125 Å². The third-order valence-corrected chi connectivity index (χ3v) is 4.83. The van der Waals surface area contributed by atoms with Crippen LogP contribution in [0, 0.1) is 19.8 Å². The summed E-state index contributed by atoms with van der Waals surface area (Å²) in [6, 6.07) is 6.76. The summed E-state index contributed by atoms with van der Waals surface area (Å²) in [6.45, 7) is 7.33. The van der Waals surface area contributed by atoms with Crippen molar-refractivity contribution in [3.8, 4) is 0 Å². The summed E-state index contributed by atoms with van der Waals surface area (Å²) in [6.07, 6.45) is 5.46. The number of benzene rings is 1. The maximum atomic E-state index is 5.63. The van der Waals surface area contributed by atoms with Crippen LogP contribution in [-0.4, -0.2) is 17.5 Å². The van der Waals surface area contributed by atoms with Gasteiger partial charge in [0.25, 0.3) is 0 Å². The van der Waals surface area contributed by atoms with Crippen LogP contribution < -0.4 is 0 Å². The summed E-state index contributed by atoms with van der Waals surface area (Å²) in [5, 5.41) is 0. The quantitative estimate of drug-likeness (QED) is 0.682. The van der Waals surface area contributed by atoms with E-state index in [9.17, 15) is 0 Å². The Balaban J connectivity index is 1.79. The van der Waals surface area contributed by atoms with Crippen LogP contribution in [0.2, 0.25) is 0 Å². The number of ether oxygens (including phenoxy) is 1. The van der Waals surface area contributed by atoms with Crippen molar-refractivity contribution in [2.45, 2.75) is 57.4 Å². The zero-order chi connectivity index (χ0) is 13.8. The van der Waals surface area contributed by atoms with Gasteiger partial charge < -0.3 is 4.74 Å². The highest BCUT2D eigenvalue weighted by atomic mass is 79.9. The summed E-state index contributed by atoms with van der Waals surface area (Å²) in [5.41, 5.74) is 4.26. The van der Waals surface area contributed by atoms with Crippen molar-refractivity contribution in [1.82, 2.24) is 0 Å². The average molecular weight is 325 g/mol. The highest BCUT2D eigenvalue weighted by Gasteiger charge is 2.30. The van der Waals surface area contributed by atoms with Crippen LogP contribution in [-0.2, 0) is 11.2 Å². The van der Waals surface area contributed by atoms with Gasteiger partial charge in [0.15, 0.2) is 0 Å². The number of halogens is 1. The predicted octanol–water partition coefficient (Wildman–Crippen LogP) is 4.81. The van der Waals surface area contributed by atoms with E-state index in [2.05, 4.69) is 54.9 Å². The van der Waals surface area contributed by atoms with Gasteiger partial charge >= 0.3 is 0 Å². The van der Waals surface area contributed by atoms with Crippen molar-refractivity contribution in [3.05, 3.63) is 34.9 Å². The Morgan fingerprint density at radius 3 is 2.74 bits per heavy atom. The van der Waals surface area contributed by atoms with Gasteiger partial charge in [0.05, 0.1) is 6.10 Å². The second-order valence-electron chi connectivity index (χ2n) is 5.88. The first-order valence-electron chi connectivity index (χ1n) is 7.40. The van der Waals surface area contributed by atoms with Gasteiger partial charge in [-0.25, -0.2) is 0 Å². The van der Waals surface area contributed by atoms with Gasteiger partial charge in [-0.1, -0.05) is 39.7 Å². The van der Waals surface area contributed by atoms with Crippen molar-refractivity contribution in [3.63, 3.8) is 0 Å². The van der Waals surface area contributed by atoms with E-state index in [4.69, 9.17) is 4.74 Å². The second kappa shape index (κ2) is 6.90. The van der Waals surface area contributed by atoms with Gasteiger partial charge in [0.1, 0.15) is 0 Å². The molecule has 1 aromatic carbocycles. The van der Waals surface area contributed by atoms with E-state index in [0.29, 0.717) is 10.9 Å². The highest BCUT2D eigenvalue weighted by Crippen LogP contribution is 2.35. The van der Waals surface area contributed by atoms with Crippen LogP contribution >= 0.6 is 15.9 Å². The SMILES string of the molecule is CCOC1CC(CC(Br)Cc2cc(C)ccc2C)C1. The molecule has 1 atom stereocenters. The maximum absolute atomic E-state index is 5.63. The lowest BCUT2D eigenvalue weighted by Gasteiger charge is -2.36. The van der Waals surface area contributed by atoms with Crippen LogP contribution in [0.4, 0.5) is 0 Å². The molecule has 0 saturated heterocycles. The third kappa shape index (κ3) is 4.32. The number of alkyl halides is 1. The minimum absolute atomic E-state index is 0.537. The molecule has 1 aromatic rings. The first-order chi connectivity index (χ1) is 9.08. The molecule has 106 valence electrons. The zero-order valence-corrected chi connectivity index (χ0v) is 13.9. The third-order valence-electron chi connectivity index (χ3n) is 4.13. The number of hydrogen-bond donors (Lipinski definition) is 0. The first-order valence-corrected chi connectivity index (χ1v) is 8.31. The summed E-state index contributed by atoms with van der Waals surface area (Å²) in [5.74, 6) is 0.853. The van der Waals surface area contributed by atoms with E-state index in [1.165, 1.54) is 36.0 Å². The molecule has 0 radical (unpaired) electrons. The van der Waals surface area contributed by atoms with Crippen LogP contribution in [0.1, 0.15) is 42.9 Å². The topological polar surface area (TPSA) is 9.23 Å². The average Bonchev–Trinajstić information content (AvgIpc) is 2.31. The Morgan fingerprint density at radius 1 is 1.32 bits per heavy atom. The smallest absolute Gasteiger partial charge is 0.0580 e. The molecule has 0 heterocycles. The molecule has 0 bridgehead atoms. The molecule has 1 saturated carbocycles. The molecule has 0 aliphatic heterocycles. The monoisotopic (exact) mass is 324 g/mol. The van der Waals surface area contributed by atoms with Crippen LogP contribution in [0.5, 0.6) is 0 Å². The maximum Gasteiger partial charge on any atom is 0.0580 e. The van der Waals surface area contributed by atoms with E-state index >= 15 is 0 Å². The van der Waals surface area contributed by atoms with Crippen LogP contribution in [0.15, 0.2) is 18.2 Å². The predicted molar refractivity (Wildman–Crippen MR) is 85.1 cm³/mol. The van der Waals surface area contributed by atoms with E-state index in [0.717, 1.165) is 18.9 Å². The summed E-state index contributed by atoms with van der Waals surface area (Å²) in [7, 11) is 0. The van der Waals surface area contributed by atoms with Crippen LogP contribution in [0.3, 0.4) is 0 Å². The number of hydrogen-bond acceptors (Lipinski definition) is 1. The molecule has 19 heavy (non-hydrogen) atoms. The van der Waals surface area contributed by atoms with Crippen molar-refractivity contribution in [2.24, 2.45) is 5.92 Å². The lowest BCUT2D eigenvalue weighted by atomic mass is 9.78. The summed E-state index contributed by atoms with van der Waals surface area (Å²) in [4.78, 5) is 0.598. The molecular formula is C17H25BrO.